The molecule has 1 aromatic heterocycles. The summed E-state index contributed by atoms with van der Waals surface area (Å²) in [5, 5.41) is 2.45. The van der Waals surface area contributed by atoms with Crippen molar-refractivity contribution in [3.63, 3.8) is 0 Å². The maximum atomic E-state index is 13.6. The Kier molecular flexibility index (Phi) is 4.16. The molecule has 4 nitrogen and oxygen atoms in total. The van der Waals surface area contributed by atoms with Crippen LogP contribution < -0.4 is 11.1 Å². The molecule has 98 valence electrons. The lowest BCUT2D eigenvalue weighted by Gasteiger charge is -2.08. The molecule has 0 aliphatic rings. The molecule has 3 N–H and O–H groups in total. The number of halogens is 3. The summed E-state index contributed by atoms with van der Waals surface area (Å²) >= 11 is 6.34. The van der Waals surface area contributed by atoms with Gasteiger partial charge in [-0.05, 0) is 40.2 Å². The summed E-state index contributed by atoms with van der Waals surface area (Å²) in [6.07, 6.45) is 1.48. The molecule has 1 heterocycles. The Balaban J connectivity index is 2.28. The van der Waals surface area contributed by atoms with Crippen LogP contribution in [0.25, 0.3) is 0 Å². The molecule has 19 heavy (non-hydrogen) atoms. The number of carbonyl (C=O) groups excluding carboxylic acids is 1. The van der Waals surface area contributed by atoms with Gasteiger partial charge >= 0.3 is 0 Å². The van der Waals surface area contributed by atoms with E-state index in [4.69, 9.17) is 5.73 Å². The van der Waals surface area contributed by atoms with Gasteiger partial charge in [0, 0.05) is 15.1 Å². The van der Waals surface area contributed by atoms with Gasteiger partial charge in [-0.1, -0.05) is 15.9 Å². The van der Waals surface area contributed by atoms with Gasteiger partial charge in [-0.25, -0.2) is 9.37 Å². The first-order chi connectivity index (χ1) is 8.97. The number of hydrogen-bond donors (Lipinski definition) is 2. The zero-order valence-electron chi connectivity index (χ0n) is 9.45. The van der Waals surface area contributed by atoms with Crippen molar-refractivity contribution in [3.8, 4) is 0 Å². The first-order valence-electron chi connectivity index (χ1n) is 5.15. The van der Waals surface area contributed by atoms with Crippen LogP contribution in [0.5, 0.6) is 0 Å². The molecule has 0 aliphatic carbocycles. The van der Waals surface area contributed by atoms with Gasteiger partial charge in [0.1, 0.15) is 11.6 Å². The minimum absolute atomic E-state index is 0.0765. The summed E-state index contributed by atoms with van der Waals surface area (Å²) in [4.78, 5) is 15.8. The van der Waals surface area contributed by atoms with Crippen LogP contribution >= 0.6 is 31.9 Å². The highest BCUT2D eigenvalue weighted by Gasteiger charge is 2.13. The Morgan fingerprint density at radius 2 is 2.00 bits per heavy atom. The maximum Gasteiger partial charge on any atom is 0.259 e. The van der Waals surface area contributed by atoms with Crippen molar-refractivity contribution in [2.24, 2.45) is 0 Å². The summed E-state index contributed by atoms with van der Waals surface area (Å²) in [6, 6.07) is 5.87. The van der Waals surface area contributed by atoms with Crippen LogP contribution in [0, 0.1) is 5.82 Å². The zero-order valence-corrected chi connectivity index (χ0v) is 12.6. The number of nitrogens with one attached hydrogen (secondary N) is 1. The van der Waals surface area contributed by atoms with E-state index in [-0.39, 0.29) is 17.1 Å². The summed E-state index contributed by atoms with van der Waals surface area (Å²) < 4.78 is 14.8. The van der Waals surface area contributed by atoms with Gasteiger partial charge in [0.25, 0.3) is 5.91 Å². The first kappa shape index (κ1) is 14.0. The van der Waals surface area contributed by atoms with Crippen molar-refractivity contribution in [2.75, 3.05) is 11.1 Å². The average Bonchev–Trinajstić information content (AvgIpc) is 2.35. The minimum Gasteiger partial charge on any atom is -0.383 e. The SMILES string of the molecule is Nc1ncc(Br)cc1C(=O)Nc1ccc(Br)cc1F. The van der Waals surface area contributed by atoms with E-state index in [9.17, 15) is 9.18 Å². The van der Waals surface area contributed by atoms with Crippen LogP contribution in [-0.4, -0.2) is 10.9 Å². The molecule has 0 fully saturated rings. The Morgan fingerprint density at radius 3 is 2.68 bits per heavy atom. The van der Waals surface area contributed by atoms with Gasteiger partial charge in [-0.3, -0.25) is 4.79 Å². The Bertz CT molecular complexity index is 649. The van der Waals surface area contributed by atoms with Gasteiger partial charge in [-0.15, -0.1) is 0 Å². The molecule has 7 heteroatoms. The van der Waals surface area contributed by atoms with Gasteiger partial charge < -0.3 is 11.1 Å². The highest BCUT2D eigenvalue weighted by Crippen LogP contribution is 2.21. The van der Waals surface area contributed by atoms with Crippen molar-refractivity contribution in [3.05, 3.63) is 50.8 Å². The van der Waals surface area contributed by atoms with Crippen LogP contribution in [0.3, 0.4) is 0 Å². The molecule has 1 aromatic carbocycles. The Labute approximate surface area is 125 Å². The third kappa shape index (κ3) is 3.30. The van der Waals surface area contributed by atoms with Gasteiger partial charge in [-0.2, -0.15) is 0 Å². The molecule has 0 bridgehead atoms. The summed E-state index contributed by atoms with van der Waals surface area (Å²) in [5.74, 6) is -0.977. The van der Waals surface area contributed by atoms with E-state index in [1.54, 1.807) is 6.07 Å². The second kappa shape index (κ2) is 5.66. The second-order valence-electron chi connectivity index (χ2n) is 3.66. The Hall–Kier alpha value is -1.47. The van der Waals surface area contributed by atoms with Crippen molar-refractivity contribution in [2.45, 2.75) is 0 Å². The number of anilines is 2. The molecule has 0 spiro atoms. The van der Waals surface area contributed by atoms with Gasteiger partial charge in [0.05, 0.1) is 11.3 Å². The first-order valence-corrected chi connectivity index (χ1v) is 6.73. The van der Waals surface area contributed by atoms with E-state index < -0.39 is 11.7 Å². The molecule has 2 aromatic rings. The predicted molar refractivity (Wildman–Crippen MR) is 78.4 cm³/mol. The number of nitrogens with zero attached hydrogens (tertiary/aromatic N) is 1. The fraction of sp³-hybridized carbons (Fsp3) is 0. The molecule has 0 aliphatic heterocycles. The van der Waals surface area contributed by atoms with Crippen LogP contribution in [0.1, 0.15) is 10.4 Å². The standard InChI is InChI=1S/C12H8Br2FN3O/c13-6-1-2-10(9(15)4-6)18-12(19)8-3-7(14)5-17-11(8)16/h1-5H,(H2,16,17)(H,18,19). The normalized spacial score (nSPS) is 10.3. The third-order valence-corrected chi connectivity index (χ3v) is 3.24. The molecule has 0 atom stereocenters. The van der Waals surface area contributed by atoms with E-state index in [0.29, 0.717) is 8.95 Å². The number of rotatable bonds is 2. The highest BCUT2D eigenvalue weighted by molar-refractivity contribution is 9.10. The van der Waals surface area contributed by atoms with E-state index in [2.05, 4.69) is 42.2 Å². The van der Waals surface area contributed by atoms with E-state index >= 15 is 0 Å². The molecular weight excluding hydrogens is 381 g/mol. The van der Waals surface area contributed by atoms with Crippen molar-refractivity contribution in [1.82, 2.24) is 4.98 Å². The zero-order chi connectivity index (χ0) is 14.0. The minimum atomic E-state index is -0.538. The number of nitrogens with two attached hydrogens (primary N) is 1. The van der Waals surface area contributed by atoms with E-state index in [0.717, 1.165) is 0 Å². The molecule has 0 saturated carbocycles. The number of nitrogen functional groups attached to an aromatic ring is 1. The number of pyridine rings is 1. The second-order valence-corrected chi connectivity index (χ2v) is 5.50. The fourth-order valence-corrected chi connectivity index (χ4v) is 2.08. The third-order valence-electron chi connectivity index (χ3n) is 2.31. The van der Waals surface area contributed by atoms with Crippen LogP contribution in [0.15, 0.2) is 39.4 Å². The summed E-state index contributed by atoms with van der Waals surface area (Å²) in [6.45, 7) is 0. The van der Waals surface area contributed by atoms with Crippen LogP contribution in [0.2, 0.25) is 0 Å². The van der Waals surface area contributed by atoms with E-state index in [1.807, 2.05) is 0 Å². The van der Waals surface area contributed by atoms with Crippen molar-refractivity contribution >= 4 is 49.3 Å². The lowest BCUT2D eigenvalue weighted by Crippen LogP contribution is -2.15. The van der Waals surface area contributed by atoms with Gasteiger partial charge in [0.15, 0.2) is 0 Å². The monoisotopic (exact) mass is 387 g/mol. The quantitative estimate of drug-likeness (QED) is 0.826. The molecular formula is C12H8Br2FN3O. The lowest BCUT2D eigenvalue weighted by atomic mass is 10.2. The number of aromatic nitrogens is 1. The average molecular weight is 389 g/mol. The maximum absolute atomic E-state index is 13.6. The molecule has 0 radical (unpaired) electrons. The van der Waals surface area contributed by atoms with Crippen LogP contribution in [-0.2, 0) is 0 Å². The van der Waals surface area contributed by atoms with Crippen LogP contribution in [0.4, 0.5) is 15.9 Å². The number of amides is 1. The number of carbonyl (C=O) groups is 1. The molecule has 1 amide bonds. The molecule has 0 saturated heterocycles. The van der Waals surface area contributed by atoms with Gasteiger partial charge in [0.2, 0.25) is 0 Å². The topological polar surface area (TPSA) is 68.0 Å². The predicted octanol–water partition coefficient (Wildman–Crippen LogP) is 3.58. The Morgan fingerprint density at radius 1 is 1.26 bits per heavy atom. The molecule has 0 unspecified atom stereocenters. The number of hydrogen-bond acceptors (Lipinski definition) is 3. The van der Waals surface area contributed by atoms with Crippen molar-refractivity contribution in [1.29, 1.82) is 0 Å². The van der Waals surface area contributed by atoms with E-state index in [1.165, 1.54) is 24.4 Å². The number of benzene rings is 1. The molecule has 2 rings (SSSR count). The van der Waals surface area contributed by atoms with Crippen molar-refractivity contribution < 1.29 is 9.18 Å². The summed E-state index contributed by atoms with van der Waals surface area (Å²) in [7, 11) is 0. The summed E-state index contributed by atoms with van der Waals surface area (Å²) in [5.41, 5.74) is 5.87. The fourth-order valence-electron chi connectivity index (χ4n) is 1.41. The lowest BCUT2D eigenvalue weighted by molar-refractivity contribution is 0.102. The highest BCUT2D eigenvalue weighted by atomic mass is 79.9. The largest absolute Gasteiger partial charge is 0.383 e. The smallest absolute Gasteiger partial charge is 0.259 e.